The lowest BCUT2D eigenvalue weighted by atomic mass is 9.73. The van der Waals surface area contributed by atoms with Crippen LogP contribution in [0.5, 0.6) is 0 Å². The molecule has 176 valence electrons. The summed E-state index contributed by atoms with van der Waals surface area (Å²) in [5.74, 6) is -5.58. The number of ether oxygens (including phenoxy) is 1. The Morgan fingerprint density at radius 3 is 1.97 bits per heavy atom. The molecule has 9 heteroatoms. The molecule has 0 aliphatic carbocycles. The Kier molecular flexibility index (Phi) is 8.21. The zero-order chi connectivity index (χ0) is 23.8. The Labute approximate surface area is 177 Å². The third kappa shape index (κ3) is 5.19. The molecule has 0 aromatic carbocycles. The van der Waals surface area contributed by atoms with E-state index in [9.17, 15) is 35.1 Å². The first-order chi connectivity index (χ1) is 13.4. The fourth-order valence-corrected chi connectivity index (χ4v) is 4.39. The minimum absolute atomic E-state index is 0.0826. The van der Waals surface area contributed by atoms with Crippen LogP contribution in [0, 0.1) is 17.8 Å². The lowest BCUT2D eigenvalue weighted by molar-refractivity contribution is -0.198. The Balaban J connectivity index is 3.52. The summed E-state index contributed by atoms with van der Waals surface area (Å²) in [5.41, 5.74) is -6.87. The molecule has 1 aliphatic heterocycles. The molecule has 0 aromatic rings. The van der Waals surface area contributed by atoms with Crippen molar-refractivity contribution >= 4 is 11.8 Å². The minimum atomic E-state index is -2.65. The molecule has 0 spiro atoms. The van der Waals surface area contributed by atoms with Gasteiger partial charge in [-0.1, -0.05) is 20.8 Å². The number of hydrogen-bond donors (Lipinski definition) is 5. The number of esters is 1. The van der Waals surface area contributed by atoms with E-state index in [4.69, 9.17) is 4.74 Å². The number of ketones is 1. The summed E-state index contributed by atoms with van der Waals surface area (Å²) in [4.78, 5) is 25.4. The van der Waals surface area contributed by atoms with Gasteiger partial charge in [0, 0.05) is 18.3 Å². The molecule has 0 bridgehead atoms. The number of carbonyl (C=O) groups is 2. The van der Waals surface area contributed by atoms with Gasteiger partial charge in [0.1, 0.15) is 11.7 Å². The maximum atomic E-state index is 15.4. The van der Waals surface area contributed by atoms with Crippen molar-refractivity contribution in [1.82, 2.24) is 0 Å². The Morgan fingerprint density at radius 1 is 1.00 bits per heavy atom. The average molecular weight is 437 g/mol. The molecule has 0 radical (unpaired) electrons. The highest BCUT2D eigenvalue weighted by Crippen LogP contribution is 2.37. The fraction of sp³-hybridized carbons (Fsp3) is 0.905. The van der Waals surface area contributed by atoms with E-state index in [0.717, 1.165) is 13.8 Å². The van der Waals surface area contributed by atoms with Crippen LogP contribution in [0.3, 0.4) is 0 Å². The van der Waals surface area contributed by atoms with Crippen LogP contribution in [0.25, 0.3) is 0 Å². The van der Waals surface area contributed by atoms with Gasteiger partial charge < -0.3 is 30.3 Å². The highest BCUT2D eigenvalue weighted by atomic mass is 19.1. The Hall–Kier alpha value is -1.13. The second-order valence-corrected chi connectivity index (χ2v) is 9.47. The molecule has 5 N–H and O–H groups in total. The van der Waals surface area contributed by atoms with Crippen molar-refractivity contribution in [2.75, 3.05) is 0 Å². The van der Waals surface area contributed by atoms with E-state index < -0.39 is 77.2 Å². The predicted molar refractivity (Wildman–Crippen MR) is 106 cm³/mol. The zero-order valence-corrected chi connectivity index (χ0v) is 18.8. The third-order valence-electron chi connectivity index (χ3n) is 6.53. The first-order valence-electron chi connectivity index (χ1n) is 10.3. The number of halogens is 1. The standard InChI is InChI=1S/C21H37FO8/c1-8-13-21(7,29)17(26)12(4)15(24)19(5,22)9-20(6,28)16(25)10(2)14(23)11(3)18(27)30-13/h10-14,16-17,23,25-26,28-29H,8-9H2,1-7H3/t10-,11+,12-,13+,14-,16+,17+,19-,20+,21+/m0/s1. The van der Waals surface area contributed by atoms with Crippen LogP contribution in [0.1, 0.15) is 61.3 Å². The quantitative estimate of drug-likeness (QED) is 0.374. The van der Waals surface area contributed by atoms with Gasteiger partial charge in [-0.3, -0.25) is 9.59 Å². The third-order valence-corrected chi connectivity index (χ3v) is 6.53. The molecular weight excluding hydrogens is 399 g/mol. The number of alkyl halides is 1. The molecular formula is C21H37FO8. The van der Waals surface area contributed by atoms with Crippen molar-refractivity contribution in [3.63, 3.8) is 0 Å². The van der Waals surface area contributed by atoms with Crippen LogP contribution < -0.4 is 0 Å². The van der Waals surface area contributed by atoms with Gasteiger partial charge in [-0.05, 0) is 34.1 Å². The molecule has 0 unspecified atom stereocenters. The summed E-state index contributed by atoms with van der Waals surface area (Å²) >= 11 is 0. The number of aliphatic hydroxyl groups is 5. The molecule has 0 saturated carbocycles. The summed E-state index contributed by atoms with van der Waals surface area (Å²) in [6, 6.07) is 0. The van der Waals surface area contributed by atoms with E-state index in [-0.39, 0.29) is 6.42 Å². The van der Waals surface area contributed by atoms with Crippen molar-refractivity contribution in [2.45, 2.75) is 103 Å². The van der Waals surface area contributed by atoms with Crippen LogP contribution in [-0.4, -0.2) is 78.6 Å². The molecule has 1 aliphatic rings. The van der Waals surface area contributed by atoms with Gasteiger partial charge in [0.05, 0.1) is 29.8 Å². The largest absolute Gasteiger partial charge is 0.459 e. The van der Waals surface area contributed by atoms with E-state index in [1.165, 1.54) is 27.7 Å². The van der Waals surface area contributed by atoms with Crippen molar-refractivity contribution in [3.05, 3.63) is 0 Å². The van der Waals surface area contributed by atoms with E-state index >= 15 is 4.39 Å². The molecule has 1 fully saturated rings. The topological polar surface area (TPSA) is 145 Å². The van der Waals surface area contributed by atoms with Gasteiger partial charge in [0.25, 0.3) is 0 Å². The van der Waals surface area contributed by atoms with Gasteiger partial charge in [-0.25, -0.2) is 4.39 Å². The van der Waals surface area contributed by atoms with Gasteiger partial charge in [0.15, 0.2) is 11.5 Å². The molecule has 8 nitrogen and oxygen atoms in total. The van der Waals surface area contributed by atoms with Crippen LogP contribution in [0.4, 0.5) is 4.39 Å². The monoisotopic (exact) mass is 436 g/mol. The smallest absolute Gasteiger partial charge is 0.311 e. The first-order valence-corrected chi connectivity index (χ1v) is 10.3. The van der Waals surface area contributed by atoms with Crippen molar-refractivity contribution in [2.24, 2.45) is 17.8 Å². The van der Waals surface area contributed by atoms with E-state index in [0.29, 0.717) is 0 Å². The summed E-state index contributed by atoms with van der Waals surface area (Å²) < 4.78 is 20.7. The number of carbonyl (C=O) groups excluding carboxylic acids is 2. The second-order valence-electron chi connectivity index (χ2n) is 9.47. The molecule has 10 atom stereocenters. The Bertz CT molecular complexity index is 632. The summed E-state index contributed by atoms with van der Waals surface area (Å²) in [6.07, 6.45) is -6.88. The van der Waals surface area contributed by atoms with Gasteiger partial charge in [0.2, 0.25) is 0 Å². The van der Waals surface area contributed by atoms with Crippen LogP contribution in [-0.2, 0) is 14.3 Å². The SMILES string of the molecule is CC[C@H]1OC(=O)[C@H](C)[C@@H](O)[C@H](C)[C@@H](O)[C@](C)(O)C[C@](C)(F)C(=O)[C@H](C)[C@@H](O)[C@]1(C)O. The van der Waals surface area contributed by atoms with Crippen LogP contribution in [0.15, 0.2) is 0 Å². The minimum Gasteiger partial charge on any atom is -0.459 e. The first kappa shape index (κ1) is 26.9. The fourth-order valence-electron chi connectivity index (χ4n) is 4.39. The summed E-state index contributed by atoms with van der Waals surface area (Å²) in [6.45, 7) is 8.83. The molecule has 1 rings (SSSR count). The highest BCUT2D eigenvalue weighted by molar-refractivity contribution is 5.89. The number of hydrogen-bond acceptors (Lipinski definition) is 8. The summed E-state index contributed by atoms with van der Waals surface area (Å²) in [7, 11) is 0. The molecule has 1 heterocycles. The van der Waals surface area contributed by atoms with Crippen molar-refractivity contribution in [1.29, 1.82) is 0 Å². The average Bonchev–Trinajstić information content (AvgIpc) is 2.65. The van der Waals surface area contributed by atoms with Gasteiger partial charge in [-0.2, -0.15) is 0 Å². The van der Waals surface area contributed by atoms with Crippen molar-refractivity contribution < 1.29 is 44.2 Å². The maximum absolute atomic E-state index is 15.4. The second kappa shape index (κ2) is 9.16. The van der Waals surface area contributed by atoms with E-state index in [1.54, 1.807) is 6.92 Å². The molecule has 30 heavy (non-hydrogen) atoms. The zero-order valence-electron chi connectivity index (χ0n) is 18.8. The van der Waals surface area contributed by atoms with Crippen molar-refractivity contribution in [3.8, 4) is 0 Å². The number of aliphatic hydroxyl groups excluding tert-OH is 3. The molecule has 0 aromatic heterocycles. The number of Topliss-reactive ketones (excluding diaryl/α,β-unsaturated/α-hetero) is 1. The van der Waals surface area contributed by atoms with Gasteiger partial charge in [-0.15, -0.1) is 0 Å². The number of cyclic esters (lactones) is 1. The summed E-state index contributed by atoms with van der Waals surface area (Å²) in [5, 5.41) is 53.4. The van der Waals surface area contributed by atoms with E-state index in [2.05, 4.69) is 0 Å². The van der Waals surface area contributed by atoms with Gasteiger partial charge >= 0.3 is 5.97 Å². The Morgan fingerprint density at radius 2 is 1.50 bits per heavy atom. The van der Waals surface area contributed by atoms with E-state index in [1.807, 2.05) is 0 Å². The van der Waals surface area contributed by atoms with Crippen LogP contribution in [0.2, 0.25) is 0 Å². The normalized spacial score (nSPS) is 50.0. The maximum Gasteiger partial charge on any atom is 0.311 e. The highest BCUT2D eigenvalue weighted by Gasteiger charge is 2.52. The van der Waals surface area contributed by atoms with Crippen LogP contribution >= 0.6 is 0 Å². The lowest BCUT2D eigenvalue weighted by Gasteiger charge is -2.42. The molecule has 0 amide bonds. The predicted octanol–water partition coefficient (Wildman–Crippen LogP) is 0.502. The number of rotatable bonds is 1. The lowest BCUT2D eigenvalue weighted by Crippen LogP contribution is -2.59. The molecule has 1 saturated heterocycles.